The number of aliphatic hydroxyl groups excluding tert-OH is 1. The molecule has 0 radical (unpaired) electrons. The number of benzene rings is 2. The highest BCUT2D eigenvalue weighted by atomic mass is 32.2. The minimum atomic E-state index is -0.476. The summed E-state index contributed by atoms with van der Waals surface area (Å²) in [5.41, 5.74) is 2.73. The van der Waals surface area contributed by atoms with Crippen molar-refractivity contribution in [2.45, 2.75) is 30.2 Å². The van der Waals surface area contributed by atoms with Gasteiger partial charge in [0.15, 0.2) is 0 Å². The maximum Gasteiger partial charge on any atom is 0.274 e. The van der Waals surface area contributed by atoms with Crippen LogP contribution in [0.4, 0.5) is 5.69 Å². The third-order valence-corrected chi connectivity index (χ3v) is 4.11. The SMILES string of the molecule is Cc1ccc(Sc2ccc([N+](=O)[O-])c(CO)c2)cc1C. The van der Waals surface area contributed by atoms with Crippen LogP contribution in [0.2, 0.25) is 0 Å². The van der Waals surface area contributed by atoms with Gasteiger partial charge in [-0.05, 0) is 49.2 Å². The van der Waals surface area contributed by atoms with Crippen LogP contribution in [0.25, 0.3) is 0 Å². The zero-order chi connectivity index (χ0) is 14.7. The molecule has 4 nitrogen and oxygen atoms in total. The lowest BCUT2D eigenvalue weighted by molar-refractivity contribution is -0.385. The zero-order valence-electron chi connectivity index (χ0n) is 11.3. The fraction of sp³-hybridized carbons (Fsp3) is 0.200. The van der Waals surface area contributed by atoms with E-state index in [1.807, 2.05) is 13.0 Å². The van der Waals surface area contributed by atoms with E-state index in [0.29, 0.717) is 5.56 Å². The van der Waals surface area contributed by atoms with Crippen LogP contribution in [0.3, 0.4) is 0 Å². The Kier molecular flexibility index (Phi) is 4.42. The number of hydrogen-bond donors (Lipinski definition) is 1. The number of nitrogens with zero attached hydrogens (tertiary/aromatic N) is 1. The molecule has 0 spiro atoms. The molecule has 104 valence electrons. The van der Waals surface area contributed by atoms with Crippen LogP contribution >= 0.6 is 11.8 Å². The van der Waals surface area contributed by atoms with E-state index >= 15 is 0 Å². The number of hydrogen-bond acceptors (Lipinski definition) is 4. The first-order valence-electron chi connectivity index (χ1n) is 6.14. The molecule has 0 saturated carbocycles. The fourth-order valence-corrected chi connectivity index (χ4v) is 2.82. The van der Waals surface area contributed by atoms with E-state index in [-0.39, 0.29) is 12.3 Å². The highest BCUT2D eigenvalue weighted by molar-refractivity contribution is 7.99. The molecule has 0 aliphatic rings. The van der Waals surface area contributed by atoms with Crippen molar-refractivity contribution in [3.8, 4) is 0 Å². The Morgan fingerprint density at radius 3 is 2.35 bits per heavy atom. The molecule has 2 aromatic rings. The highest BCUT2D eigenvalue weighted by Gasteiger charge is 2.13. The van der Waals surface area contributed by atoms with Crippen LogP contribution in [0.1, 0.15) is 16.7 Å². The molecule has 1 N–H and O–H groups in total. The molecule has 0 bridgehead atoms. The predicted octanol–water partition coefficient (Wildman–Crippen LogP) is 3.86. The third kappa shape index (κ3) is 3.18. The van der Waals surface area contributed by atoms with Gasteiger partial charge in [0.2, 0.25) is 0 Å². The van der Waals surface area contributed by atoms with E-state index in [0.717, 1.165) is 9.79 Å². The first-order valence-corrected chi connectivity index (χ1v) is 6.96. The van der Waals surface area contributed by atoms with Gasteiger partial charge in [0, 0.05) is 15.9 Å². The molecule has 2 rings (SSSR count). The third-order valence-electron chi connectivity index (χ3n) is 3.13. The summed E-state index contributed by atoms with van der Waals surface area (Å²) in [6.07, 6.45) is 0. The Bertz CT molecular complexity index is 656. The van der Waals surface area contributed by atoms with Crippen LogP contribution < -0.4 is 0 Å². The first-order chi connectivity index (χ1) is 9.51. The summed E-state index contributed by atoms with van der Waals surface area (Å²) in [7, 11) is 0. The fourth-order valence-electron chi connectivity index (χ4n) is 1.84. The van der Waals surface area contributed by atoms with Crippen molar-refractivity contribution in [1.82, 2.24) is 0 Å². The van der Waals surface area contributed by atoms with Crippen LogP contribution in [0.15, 0.2) is 46.2 Å². The van der Waals surface area contributed by atoms with Gasteiger partial charge in [-0.25, -0.2) is 0 Å². The van der Waals surface area contributed by atoms with Gasteiger partial charge in [0.25, 0.3) is 5.69 Å². The van der Waals surface area contributed by atoms with Crippen LogP contribution in [-0.4, -0.2) is 10.0 Å². The molecule has 5 heteroatoms. The number of aryl methyl sites for hydroxylation is 2. The summed E-state index contributed by atoms with van der Waals surface area (Å²) in [6.45, 7) is 3.77. The molecule has 0 aromatic heterocycles. The Balaban J connectivity index is 2.29. The van der Waals surface area contributed by atoms with Crippen molar-refractivity contribution < 1.29 is 10.0 Å². The lowest BCUT2D eigenvalue weighted by Crippen LogP contribution is -1.95. The van der Waals surface area contributed by atoms with Crippen LogP contribution in [0, 0.1) is 24.0 Å². The van der Waals surface area contributed by atoms with Crippen LogP contribution in [-0.2, 0) is 6.61 Å². The maximum atomic E-state index is 10.8. The lowest BCUT2D eigenvalue weighted by atomic mass is 10.1. The number of nitro benzene ring substituents is 1. The van der Waals surface area contributed by atoms with Crippen LogP contribution in [0.5, 0.6) is 0 Å². The van der Waals surface area contributed by atoms with Gasteiger partial charge >= 0.3 is 0 Å². The molecule has 0 atom stereocenters. The molecule has 0 unspecified atom stereocenters. The van der Waals surface area contributed by atoms with E-state index in [4.69, 9.17) is 0 Å². The Hall–Kier alpha value is -1.85. The van der Waals surface area contributed by atoms with Gasteiger partial charge in [0.1, 0.15) is 0 Å². The molecule has 0 heterocycles. The quantitative estimate of drug-likeness (QED) is 0.686. The van der Waals surface area contributed by atoms with Crippen molar-refractivity contribution in [3.05, 3.63) is 63.2 Å². The van der Waals surface area contributed by atoms with Gasteiger partial charge in [0.05, 0.1) is 17.1 Å². The smallest absolute Gasteiger partial charge is 0.274 e. The summed E-state index contributed by atoms with van der Waals surface area (Å²) < 4.78 is 0. The molecule has 0 aliphatic heterocycles. The maximum absolute atomic E-state index is 10.8. The van der Waals surface area contributed by atoms with Crippen molar-refractivity contribution in [2.24, 2.45) is 0 Å². The van der Waals surface area contributed by atoms with Crippen molar-refractivity contribution in [3.63, 3.8) is 0 Å². The van der Waals surface area contributed by atoms with Gasteiger partial charge in [-0.3, -0.25) is 10.1 Å². The minimum Gasteiger partial charge on any atom is -0.391 e. The van der Waals surface area contributed by atoms with E-state index in [1.165, 1.54) is 29.0 Å². The topological polar surface area (TPSA) is 63.4 Å². The first kappa shape index (κ1) is 14.6. The second-order valence-electron chi connectivity index (χ2n) is 4.55. The molecule has 2 aromatic carbocycles. The summed E-state index contributed by atoms with van der Waals surface area (Å²) in [5, 5.41) is 20.0. The molecule has 0 saturated heterocycles. The summed E-state index contributed by atoms with van der Waals surface area (Å²) in [4.78, 5) is 12.3. The Morgan fingerprint density at radius 1 is 1.10 bits per heavy atom. The van der Waals surface area contributed by atoms with Gasteiger partial charge < -0.3 is 5.11 Å². The van der Waals surface area contributed by atoms with E-state index in [1.54, 1.807) is 12.1 Å². The number of rotatable bonds is 4. The molecular formula is C15H15NO3S. The second-order valence-corrected chi connectivity index (χ2v) is 5.70. The molecule has 0 fully saturated rings. The number of nitro groups is 1. The molecular weight excluding hydrogens is 274 g/mol. The average Bonchev–Trinajstić information content (AvgIpc) is 2.42. The van der Waals surface area contributed by atoms with E-state index in [9.17, 15) is 15.2 Å². The highest BCUT2D eigenvalue weighted by Crippen LogP contribution is 2.32. The Labute approximate surface area is 121 Å². The summed E-state index contributed by atoms with van der Waals surface area (Å²) in [6, 6.07) is 11.0. The molecule has 0 aliphatic carbocycles. The van der Waals surface area contributed by atoms with Crippen molar-refractivity contribution in [1.29, 1.82) is 0 Å². The second kappa shape index (κ2) is 6.07. The molecule has 20 heavy (non-hydrogen) atoms. The summed E-state index contributed by atoms with van der Waals surface area (Å²) >= 11 is 1.53. The van der Waals surface area contributed by atoms with Gasteiger partial charge in [-0.2, -0.15) is 0 Å². The van der Waals surface area contributed by atoms with Crippen molar-refractivity contribution in [2.75, 3.05) is 0 Å². The summed E-state index contributed by atoms with van der Waals surface area (Å²) in [5.74, 6) is 0. The predicted molar refractivity (Wildman–Crippen MR) is 79.1 cm³/mol. The Morgan fingerprint density at radius 2 is 1.75 bits per heavy atom. The largest absolute Gasteiger partial charge is 0.391 e. The minimum absolute atomic E-state index is 0.0445. The normalized spacial score (nSPS) is 10.6. The average molecular weight is 289 g/mol. The van der Waals surface area contributed by atoms with Crippen molar-refractivity contribution >= 4 is 17.4 Å². The number of aliphatic hydroxyl groups is 1. The van der Waals surface area contributed by atoms with E-state index in [2.05, 4.69) is 19.1 Å². The zero-order valence-corrected chi connectivity index (χ0v) is 12.1. The molecule has 0 amide bonds. The monoisotopic (exact) mass is 289 g/mol. The van der Waals surface area contributed by atoms with E-state index < -0.39 is 4.92 Å². The van der Waals surface area contributed by atoms with Gasteiger partial charge in [-0.15, -0.1) is 0 Å². The van der Waals surface area contributed by atoms with Gasteiger partial charge in [-0.1, -0.05) is 17.8 Å². The standard InChI is InChI=1S/C15H15NO3S/c1-10-3-4-13(7-11(10)2)20-14-5-6-15(16(18)19)12(8-14)9-17/h3-8,17H,9H2,1-2H3. The lowest BCUT2D eigenvalue weighted by Gasteiger charge is -2.07.